The van der Waals surface area contributed by atoms with Gasteiger partial charge in [-0.3, -0.25) is 9.59 Å². The molecule has 1 fully saturated rings. The number of amides is 1. The Morgan fingerprint density at radius 2 is 1.82 bits per heavy atom. The minimum absolute atomic E-state index is 0.0466. The second-order valence-electron chi connectivity index (χ2n) is 10.2. The molecule has 40 heavy (non-hydrogen) atoms. The number of hydrogen-bond acceptors (Lipinski definition) is 7. The molecular weight excluding hydrogens is 508 g/mol. The van der Waals surface area contributed by atoms with Crippen LogP contribution in [0.15, 0.2) is 54.6 Å². The smallest absolute Gasteiger partial charge is 0.295 e. The summed E-state index contributed by atoms with van der Waals surface area (Å²) in [6.45, 7) is 17.2. The minimum Gasteiger partial charge on any atom is -0.507 e. The van der Waals surface area contributed by atoms with Crippen LogP contribution in [0.4, 0.5) is 0 Å². The zero-order valence-corrected chi connectivity index (χ0v) is 24.5. The van der Waals surface area contributed by atoms with Crippen molar-refractivity contribution in [1.29, 1.82) is 0 Å². The molecule has 0 bridgehead atoms. The monoisotopic (exact) mass is 550 g/mol. The van der Waals surface area contributed by atoms with Crippen LogP contribution in [0.3, 0.4) is 0 Å². The molecule has 1 aliphatic heterocycles. The molecule has 0 aromatic heterocycles. The first-order chi connectivity index (χ1) is 19.2. The summed E-state index contributed by atoms with van der Waals surface area (Å²) >= 11 is 0. The molecule has 1 saturated heterocycles. The van der Waals surface area contributed by atoms with Crippen LogP contribution in [0, 0.1) is 12.8 Å². The van der Waals surface area contributed by atoms with Gasteiger partial charge in [0, 0.05) is 18.7 Å². The van der Waals surface area contributed by atoms with E-state index in [1.54, 1.807) is 41.3 Å². The van der Waals surface area contributed by atoms with Gasteiger partial charge in [0.15, 0.2) is 11.5 Å². The van der Waals surface area contributed by atoms with Crippen LogP contribution in [-0.2, 0) is 9.59 Å². The van der Waals surface area contributed by atoms with E-state index in [2.05, 4.69) is 39.2 Å². The highest BCUT2D eigenvalue weighted by atomic mass is 16.5. The van der Waals surface area contributed by atoms with Crippen molar-refractivity contribution < 1.29 is 28.9 Å². The van der Waals surface area contributed by atoms with E-state index in [1.165, 1.54) is 7.11 Å². The molecule has 3 rings (SSSR count). The van der Waals surface area contributed by atoms with Gasteiger partial charge in [-0.05, 0) is 67.4 Å². The number of aliphatic hydroxyl groups excluding tert-OH is 1. The maximum atomic E-state index is 13.5. The first-order valence-corrected chi connectivity index (χ1v) is 13.8. The number of hydrogen-bond donors (Lipinski definition) is 1. The van der Waals surface area contributed by atoms with E-state index in [0.717, 1.165) is 18.7 Å². The number of likely N-dealkylation sites (tertiary alicyclic amines) is 1. The van der Waals surface area contributed by atoms with Crippen molar-refractivity contribution in [1.82, 2.24) is 9.80 Å². The summed E-state index contributed by atoms with van der Waals surface area (Å²) in [5.74, 6) is 0.444. The van der Waals surface area contributed by atoms with Gasteiger partial charge in [-0.15, -0.1) is 0 Å². The maximum absolute atomic E-state index is 13.5. The second kappa shape index (κ2) is 14.0. The number of nitrogens with zero attached hydrogens (tertiary/aromatic N) is 2. The maximum Gasteiger partial charge on any atom is 0.295 e. The standard InChI is InChI=1S/C32H42N2O6/c1-8-17-39-26-14-11-23(19-27(26)38-7)29-28(31(36)32(37)34(29)16-15-33(9-2)10-3)30(35)25-13-12-24(18-22(25)6)40-20-21(4)5/h8,11-14,18-19,21,29,35H,1,9-10,15-17,20H2,2-7H3/b30-28+. The van der Waals surface area contributed by atoms with Gasteiger partial charge < -0.3 is 29.1 Å². The third kappa shape index (κ3) is 6.86. The van der Waals surface area contributed by atoms with Gasteiger partial charge >= 0.3 is 0 Å². The summed E-state index contributed by atoms with van der Waals surface area (Å²) < 4.78 is 17.1. The lowest BCUT2D eigenvalue weighted by Crippen LogP contribution is -2.38. The van der Waals surface area contributed by atoms with E-state index >= 15 is 0 Å². The average molecular weight is 551 g/mol. The molecule has 2 aromatic carbocycles. The minimum atomic E-state index is -0.797. The first-order valence-electron chi connectivity index (χ1n) is 13.8. The van der Waals surface area contributed by atoms with Gasteiger partial charge in [0.2, 0.25) is 0 Å². The highest BCUT2D eigenvalue weighted by Gasteiger charge is 2.46. The number of rotatable bonds is 14. The van der Waals surface area contributed by atoms with Crippen LogP contribution in [-0.4, -0.2) is 73.1 Å². The van der Waals surface area contributed by atoms with Crippen molar-refractivity contribution >= 4 is 17.4 Å². The number of carbonyl (C=O) groups is 2. The molecule has 0 spiro atoms. The molecule has 1 aliphatic rings. The molecule has 1 atom stereocenters. The number of aliphatic hydroxyl groups is 1. The highest BCUT2D eigenvalue weighted by Crippen LogP contribution is 2.42. The molecule has 1 amide bonds. The fraction of sp³-hybridized carbons (Fsp3) is 0.438. The van der Waals surface area contributed by atoms with Gasteiger partial charge in [0.05, 0.1) is 25.3 Å². The number of benzene rings is 2. The van der Waals surface area contributed by atoms with Crippen LogP contribution >= 0.6 is 0 Å². The van der Waals surface area contributed by atoms with Gasteiger partial charge in [0.25, 0.3) is 11.7 Å². The van der Waals surface area contributed by atoms with E-state index in [1.807, 2.05) is 13.0 Å². The van der Waals surface area contributed by atoms with Gasteiger partial charge in [0.1, 0.15) is 18.1 Å². The molecule has 1 N–H and O–H groups in total. The number of aryl methyl sites for hydroxylation is 1. The van der Waals surface area contributed by atoms with Crippen LogP contribution in [0.5, 0.6) is 17.2 Å². The number of carbonyl (C=O) groups excluding carboxylic acids is 2. The Labute approximate surface area is 237 Å². The highest BCUT2D eigenvalue weighted by molar-refractivity contribution is 6.46. The Kier molecular flexibility index (Phi) is 10.8. The lowest BCUT2D eigenvalue weighted by Gasteiger charge is -2.28. The third-order valence-corrected chi connectivity index (χ3v) is 6.99. The Hall–Kier alpha value is -3.78. The van der Waals surface area contributed by atoms with E-state index < -0.39 is 17.7 Å². The van der Waals surface area contributed by atoms with E-state index in [9.17, 15) is 14.7 Å². The number of ketones is 1. The molecule has 8 heteroatoms. The number of methoxy groups -OCH3 is 1. The third-order valence-electron chi connectivity index (χ3n) is 6.99. The number of ether oxygens (including phenoxy) is 3. The van der Waals surface area contributed by atoms with Crippen molar-refractivity contribution in [2.75, 3.05) is 46.5 Å². The molecule has 2 aromatic rings. The lowest BCUT2D eigenvalue weighted by molar-refractivity contribution is -0.140. The summed E-state index contributed by atoms with van der Waals surface area (Å²) in [4.78, 5) is 30.6. The van der Waals surface area contributed by atoms with Crippen molar-refractivity contribution in [3.63, 3.8) is 0 Å². The van der Waals surface area contributed by atoms with E-state index in [0.29, 0.717) is 60.6 Å². The molecule has 216 valence electrons. The molecular formula is C32H42N2O6. The van der Waals surface area contributed by atoms with Crippen molar-refractivity contribution in [3.05, 3.63) is 71.3 Å². The van der Waals surface area contributed by atoms with Gasteiger partial charge in [-0.2, -0.15) is 0 Å². The number of likely N-dealkylation sites (N-methyl/N-ethyl adjacent to an activating group) is 1. The lowest BCUT2D eigenvalue weighted by atomic mass is 9.93. The molecule has 1 heterocycles. The molecule has 0 aliphatic carbocycles. The normalized spacial score (nSPS) is 16.6. The zero-order valence-electron chi connectivity index (χ0n) is 24.5. The number of Topliss-reactive ketones (excluding diaryl/α,β-unsaturated/α-hetero) is 1. The largest absolute Gasteiger partial charge is 0.507 e. The van der Waals surface area contributed by atoms with Crippen molar-refractivity contribution in [2.24, 2.45) is 5.92 Å². The van der Waals surface area contributed by atoms with Crippen LogP contribution in [0.1, 0.15) is 50.4 Å². The zero-order chi connectivity index (χ0) is 29.4. The van der Waals surface area contributed by atoms with Crippen LogP contribution in [0.2, 0.25) is 0 Å². The van der Waals surface area contributed by atoms with Crippen molar-refractivity contribution in [3.8, 4) is 17.2 Å². The summed E-state index contributed by atoms with van der Waals surface area (Å²) in [6.07, 6.45) is 1.64. The van der Waals surface area contributed by atoms with Gasteiger partial charge in [-0.25, -0.2) is 0 Å². The average Bonchev–Trinajstić information content (AvgIpc) is 3.20. The fourth-order valence-electron chi connectivity index (χ4n) is 4.77. The van der Waals surface area contributed by atoms with E-state index in [-0.39, 0.29) is 11.3 Å². The van der Waals surface area contributed by atoms with E-state index in [4.69, 9.17) is 14.2 Å². The van der Waals surface area contributed by atoms with Crippen LogP contribution in [0.25, 0.3) is 5.76 Å². The second-order valence-corrected chi connectivity index (χ2v) is 10.2. The molecule has 1 unspecified atom stereocenters. The Bertz CT molecular complexity index is 1250. The Morgan fingerprint density at radius 3 is 2.42 bits per heavy atom. The first kappa shape index (κ1) is 30.8. The molecule has 8 nitrogen and oxygen atoms in total. The summed E-state index contributed by atoms with van der Waals surface area (Å²) in [6, 6.07) is 9.83. The van der Waals surface area contributed by atoms with Gasteiger partial charge in [-0.1, -0.05) is 46.4 Å². The quantitative estimate of drug-likeness (QED) is 0.146. The molecule has 0 saturated carbocycles. The predicted octanol–water partition coefficient (Wildman–Crippen LogP) is 5.37. The van der Waals surface area contributed by atoms with Crippen molar-refractivity contribution in [2.45, 2.75) is 40.7 Å². The predicted molar refractivity (Wildman–Crippen MR) is 157 cm³/mol. The Morgan fingerprint density at radius 1 is 1.10 bits per heavy atom. The topological polar surface area (TPSA) is 88.5 Å². The fourth-order valence-corrected chi connectivity index (χ4v) is 4.77. The Balaban J connectivity index is 2.12. The van der Waals surface area contributed by atoms with Crippen LogP contribution < -0.4 is 14.2 Å². The molecule has 0 radical (unpaired) electrons. The summed E-state index contributed by atoms with van der Waals surface area (Å²) in [5.41, 5.74) is 1.89. The SMILES string of the molecule is C=CCOc1ccc(C2/C(=C(\O)c3ccc(OCC(C)C)cc3C)C(=O)C(=O)N2CCN(CC)CC)cc1OC. The summed E-state index contributed by atoms with van der Waals surface area (Å²) in [7, 11) is 1.53. The summed E-state index contributed by atoms with van der Waals surface area (Å²) in [5, 5.41) is 11.6.